The fraction of sp³-hybridized carbons (Fsp3) is 0.130. The SMILES string of the molecule is Cc1ccccc1-c1cc2ccccc2nc1CCNC(=O)c1nccnc1N. The number of anilines is 1. The first-order valence-corrected chi connectivity index (χ1v) is 9.43. The molecule has 0 aliphatic rings. The minimum absolute atomic E-state index is 0.120. The molecular formula is C23H21N5O. The van der Waals surface area contributed by atoms with Crippen LogP contribution in [0.1, 0.15) is 21.7 Å². The molecule has 2 heterocycles. The van der Waals surface area contributed by atoms with E-state index in [4.69, 9.17) is 10.7 Å². The van der Waals surface area contributed by atoms with Crippen molar-refractivity contribution in [2.24, 2.45) is 0 Å². The van der Waals surface area contributed by atoms with E-state index in [1.54, 1.807) is 0 Å². The minimum atomic E-state index is -0.339. The molecule has 4 aromatic rings. The maximum Gasteiger partial charge on any atom is 0.273 e. The standard InChI is InChI=1S/C23H21N5O/c1-15-6-2-4-8-17(15)18-14-16-7-3-5-9-19(16)28-20(18)10-11-27-23(29)21-22(24)26-13-12-25-21/h2-9,12-14H,10-11H2,1H3,(H2,24,26)(H,27,29). The Labute approximate surface area is 168 Å². The number of hydrogen-bond acceptors (Lipinski definition) is 5. The highest BCUT2D eigenvalue weighted by atomic mass is 16.1. The third-order valence-corrected chi connectivity index (χ3v) is 4.83. The van der Waals surface area contributed by atoms with Gasteiger partial charge >= 0.3 is 0 Å². The smallest absolute Gasteiger partial charge is 0.273 e. The van der Waals surface area contributed by atoms with Gasteiger partial charge in [-0.05, 0) is 30.2 Å². The summed E-state index contributed by atoms with van der Waals surface area (Å²) in [5, 5.41) is 3.96. The summed E-state index contributed by atoms with van der Waals surface area (Å²) in [6.07, 6.45) is 3.49. The summed E-state index contributed by atoms with van der Waals surface area (Å²) in [5.41, 5.74) is 11.1. The molecule has 0 saturated heterocycles. The van der Waals surface area contributed by atoms with Crippen LogP contribution < -0.4 is 11.1 Å². The summed E-state index contributed by atoms with van der Waals surface area (Å²) in [5.74, 6) is -0.219. The molecule has 0 aliphatic heterocycles. The van der Waals surface area contributed by atoms with Gasteiger partial charge < -0.3 is 11.1 Å². The van der Waals surface area contributed by atoms with Gasteiger partial charge in [-0.25, -0.2) is 9.97 Å². The average Bonchev–Trinajstić information content (AvgIpc) is 2.74. The maximum atomic E-state index is 12.4. The lowest BCUT2D eigenvalue weighted by Crippen LogP contribution is -2.28. The maximum absolute atomic E-state index is 12.4. The van der Waals surface area contributed by atoms with Crippen LogP contribution in [0.2, 0.25) is 0 Å². The molecule has 2 aromatic heterocycles. The largest absolute Gasteiger partial charge is 0.382 e. The molecule has 0 radical (unpaired) electrons. The summed E-state index contributed by atoms with van der Waals surface area (Å²) in [7, 11) is 0. The number of aromatic nitrogens is 3. The molecule has 29 heavy (non-hydrogen) atoms. The second kappa shape index (κ2) is 8.06. The summed E-state index contributed by atoms with van der Waals surface area (Å²) >= 11 is 0. The fourth-order valence-electron chi connectivity index (χ4n) is 3.36. The lowest BCUT2D eigenvalue weighted by molar-refractivity contribution is 0.0950. The molecule has 0 unspecified atom stereocenters. The second-order valence-corrected chi connectivity index (χ2v) is 6.79. The van der Waals surface area contributed by atoms with E-state index in [0.29, 0.717) is 13.0 Å². The Hall–Kier alpha value is -3.80. The number of carbonyl (C=O) groups excluding carboxylic acids is 1. The van der Waals surface area contributed by atoms with E-state index in [-0.39, 0.29) is 17.4 Å². The van der Waals surface area contributed by atoms with Gasteiger partial charge in [-0.1, -0.05) is 42.5 Å². The molecular weight excluding hydrogens is 362 g/mol. The third-order valence-electron chi connectivity index (χ3n) is 4.83. The Kier molecular flexibility index (Phi) is 5.16. The normalized spacial score (nSPS) is 10.8. The van der Waals surface area contributed by atoms with Crippen LogP contribution >= 0.6 is 0 Å². The minimum Gasteiger partial charge on any atom is -0.382 e. The summed E-state index contributed by atoms with van der Waals surface area (Å²) in [4.78, 5) is 25.2. The van der Waals surface area contributed by atoms with Crippen molar-refractivity contribution < 1.29 is 4.79 Å². The van der Waals surface area contributed by atoms with Crippen LogP contribution in [0.25, 0.3) is 22.0 Å². The van der Waals surface area contributed by atoms with Crippen LogP contribution in [0, 0.1) is 6.92 Å². The van der Waals surface area contributed by atoms with E-state index < -0.39 is 0 Å². The van der Waals surface area contributed by atoms with Crippen molar-refractivity contribution in [1.29, 1.82) is 0 Å². The summed E-state index contributed by atoms with van der Waals surface area (Å²) < 4.78 is 0. The molecule has 0 saturated carbocycles. The average molecular weight is 383 g/mol. The second-order valence-electron chi connectivity index (χ2n) is 6.79. The Morgan fingerprint density at radius 3 is 2.59 bits per heavy atom. The van der Waals surface area contributed by atoms with Crippen molar-refractivity contribution in [2.45, 2.75) is 13.3 Å². The Morgan fingerprint density at radius 2 is 1.76 bits per heavy atom. The topological polar surface area (TPSA) is 93.8 Å². The molecule has 0 aliphatic carbocycles. The number of nitrogen functional groups attached to an aromatic ring is 1. The molecule has 0 spiro atoms. The Bertz CT molecular complexity index is 1190. The number of benzene rings is 2. The number of pyridine rings is 1. The van der Waals surface area contributed by atoms with Gasteiger partial charge in [0, 0.05) is 36.3 Å². The van der Waals surface area contributed by atoms with Crippen molar-refractivity contribution in [2.75, 3.05) is 12.3 Å². The van der Waals surface area contributed by atoms with Gasteiger partial charge in [-0.15, -0.1) is 0 Å². The number of carbonyl (C=O) groups is 1. The van der Waals surface area contributed by atoms with Gasteiger partial charge in [0.1, 0.15) is 0 Å². The van der Waals surface area contributed by atoms with Crippen molar-refractivity contribution in [1.82, 2.24) is 20.3 Å². The lowest BCUT2D eigenvalue weighted by atomic mass is 9.96. The van der Waals surface area contributed by atoms with Gasteiger partial charge in [0.2, 0.25) is 0 Å². The molecule has 6 heteroatoms. The van der Waals surface area contributed by atoms with Gasteiger partial charge in [-0.3, -0.25) is 9.78 Å². The molecule has 0 atom stereocenters. The lowest BCUT2D eigenvalue weighted by Gasteiger charge is -2.14. The molecule has 4 rings (SSSR count). The number of amides is 1. The molecule has 2 aromatic carbocycles. The molecule has 6 nitrogen and oxygen atoms in total. The zero-order valence-corrected chi connectivity index (χ0v) is 16.1. The van der Waals surface area contributed by atoms with E-state index in [1.807, 2.05) is 30.3 Å². The van der Waals surface area contributed by atoms with Crippen molar-refractivity contribution in [3.05, 3.63) is 83.9 Å². The number of rotatable bonds is 5. The van der Waals surface area contributed by atoms with Gasteiger partial charge in [-0.2, -0.15) is 0 Å². The predicted molar refractivity (Wildman–Crippen MR) is 114 cm³/mol. The predicted octanol–water partition coefficient (Wildman–Crippen LogP) is 3.55. The van der Waals surface area contributed by atoms with Crippen LogP contribution in [-0.2, 0) is 6.42 Å². The van der Waals surface area contributed by atoms with Crippen molar-refractivity contribution in [3.8, 4) is 11.1 Å². The summed E-state index contributed by atoms with van der Waals surface area (Å²) in [6, 6.07) is 18.5. The highest BCUT2D eigenvalue weighted by Gasteiger charge is 2.14. The first-order valence-electron chi connectivity index (χ1n) is 9.43. The monoisotopic (exact) mass is 383 g/mol. The van der Waals surface area contributed by atoms with Gasteiger partial charge in [0.05, 0.1) is 11.2 Å². The first-order chi connectivity index (χ1) is 14.1. The van der Waals surface area contributed by atoms with E-state index >= 15 is 0 Å². The van der Waals surface area contributed by atoms with Crippen LogP contribution in [0.4, 0.5) is 5.82 Å². The molecule has 0 fully saturated rings. The third kappa shape index (κ3) is 3.91. The van der Waals surface area contributed by atoms with Crippen LogP contribution in [0.3, 0.4) is 0 Å². The van der Waals surface area contributed by atoms with E-state index in [9.17, 15) is 4.79 Å². The number of hydrogen-bond donors (Lipinski definition) is 2. The highest BCUT2D eigenvalue weighted by molar-refractivity contribution is 5.96. The van der Waals surface area contributed by atoms with Crippen LogP contribution in [0.5, 0.6) is 0 Å². The zero-order valence-electron chi connectivity index (χ0n) is 16.1. The molecule has 0 bridgehead atoms. The van der Waals surface area contributed by atoms with Crippen LogP contribution in [0.15, 0.2) is 67.0 Å². The molecule has 144 valence electrons. The highest BCUT2D eigenvalue weighted by Crippen LogP contribution is 2.29. The molecule has 3 N–H and O–H groups in total. The zero-order chi connectivity index (χ0) is 20.2. The van der Waals surface area contributed by atoms with E-state index in [1.165, 1.54) is 18.0 Å². The number of nitrogens with two attached hydrogens (primary N) is 1. The quantitative estimate of drug-likeness (QED) is 0.550. The Morgan fingerprint density at radius 1 is 1.00 bits per heavy atom. The van der Waals surface area contributed by atoms with Gasteiger partial charge in [0.25, 0.3) is 5.91 Å². The summed E-state index contributed by atoms with van der Waals surface area (Å²) in [6.45, 7) is 2.51. The number of fused-ring (bicyclic) bond motifs is 1. The molecule has 1 amide bonds. The first kappa shape index (κ1) is 18.6. The number of para-hydroxylation sites is 1. The van der Waals surface area contributed by atoms with Crippen molar-refractivity contribution in [3.63, 3.8) is 0 Å². The van der Waals surface area contributed by atoms with E-state index in [0.717, 1.165) is 27.7 Å². The van der Waals surface area contributed by atoms with Crippen molar-refractivity contribution >= 4 is 22.6 Å². The number of nitrogens with one attached hydrogen (secondary N) is 1. The number of nitrogens with zero attached hydrogens (tertiary/aromatic N) is 3. The fourth-order valence-corrected chi connectivity index (χ4v) is 3.36. The Balaban J connectivity index is 1.62. The number of aryl methyl sites for hydroxylation is 1. The van der Waals surface area contributed by atoms with Gasteiger partial charge in [0.15, 0.2) is 11.5 Å². The van der Waals surface area contributed by atoms with E-state index in [2.05, 4.69) is 46.5 Å². The van der Waals surface area contributed by atoms with Crippen LogP contribution in [-0.4, -0.2) is 27.4 Å².